The summed E-state index contributed by atoms with van der Waals surface area (Å²) in [6, 6.07) is 13.3. The van der Waals surface area contributed by atoms with Gasteiger partial charge in [0.15, 0.2) is 11.0 Å². The van der Waals surface area contributed by atoms with E-state index < -0.39 is 6.04 Å². The Bertz CT molecular complexity index is 1410. The summed E-state index contributed by atoms with van der Waals surface area (Å²) >= 11 is 7.45. The van der Waals surface area contributed by atoms with Crippen molar-refractivity contribution < 1.29 is 19.1 Å². The zero-order valence-electron chi connectivity index (χ0n) is 23.0. The number of halogens is 1. The molecule has 2 aromatic carbocycles. The number of carbonyl (C=O) groups excluding carboxylic acids is 3. The van der Waals surface area contributed by atoms with E-state index in [-0.39, 0.29) is 29.4 Å². The molecule has 10 nitrogen and oxygen atoms in total. The summed E-state index contributed by atoms with van der Waals surface area (Å²) in [6.45, 7) is 10.3. The van der Waals surface area contributed by atoms with Crippen LogP contribution in [-0.2, 0) is 16.1 Å². The second kappa shape index (κ2) is 14.3. The highest BCUT2D eigenvalue weighted by atomic mass is 35.5. The van der Waals surface area contributed by atoms with Crippen molar-refractivity contribution in [3.8, 4) is 0 Å². The van der Waals surface area contributed by atoms with Crippen LogP contribution in [0.1, 0.15) is 46.4 Å². The Morgan fingerprint density at radius 3 is 2.59 bits per heavy atom. The van der Waals surface area contributed by atoms with Crippen LogP contribution in [0.25, 0.3) is 0 Å². The first-order valence-electron chi connectivity index (χ1n) is 13.3. The topological polar surface area (TPSA) is 118 Å². The summed E-state index contributed by atoms with van der Waals surface area (Å²) in [4.78, 5) is 40.4. The van der Waals surface area contributed by atoms with Crippen LogP contribution in [0.4, 0.5) is 5.69 Å². The Kier molecular flexibility index (Phi) is 10.6. The second-order valence-electron chi connectivity index (χ2n) is 9.74. The van der Waals surface area contributed by atoms with Crippen LogP contribution in [0, 0.1) is 5.92 Å². The summed E-state index contributed by atoms with van der Waals surface area (Å²) in [7, 11) is 0. The van der Waals surface area contributed by atoms with Crippen molar-refractivity contribution in [1.82, 2.24) is 25.0 Å². The van der Waals surface area contributed by atoms with E-state index in [9.17, 15) is 14.4 Å². The molecule has 0 bridgehead atoms. The number of morpholine rings is 1. The Morgan fingerprint density at radius 1 is 1.12 bits per heavy atom. The number of aromatic nitrogens is 3. The summed E-state index contributed by atoms with van der Waals surface area (Å²) < 4.78 is 7.16. The van der Waals surface area contributed by atoms with E-state index in [0.29, 0.717) is 65.7 Å². The summed E-state index contributed by atoms with van der Waals surface area (Å²) in [5.41, 5.74) is 1.41. The van der Waals surface area contributed by atoms with Crippen molar-refractivity contribution in [2.45, 2.75) is 31.6 Å². The van der Waals surface area contributed by atoms with Crippen molar-refractivity contribution >= 4 is 46.8 Å². The number of carbonyl (C=O) groups is 3. The van der Waals surface area contributed by atoms with Crippen LogP contribution in [0.5, 0.6) is 0 Å². The Balaban J connectivity index is 1.43. The van der Waals surface area contributed by atoms with Crippen LogP contribution in [-0.4, -0.2) is 69.4 Å². The van der Waals surface area contributed by atoms with Gasteiger partial charge >= 0.3 is 0 Å². The average Bonchev–Trinajstić information content (AvgIpc) is 3.37. The van der Waals surface area contributed by atoms with Gasteiger partial charge in [0.1, 0.15) is 0 Å². The first-order valence-corrected chi connectivity index (χ1v) is 14.6. The number of hydrogen-bond donors (Lipinski definition) is 2. The van der Waals surface area contributed by atoms with Crippen LogP contribution >= 0.6 is 23.4 Å². The number of hydrogen-bond acceptors (Lipinski definition) is 7. The molecule has 2 N–H and O–H groups in total. The van der Waals surface area contributed by atoms with E-state index >= 15 is 0 Å². The minimum absolute atomic E-state index is 0.0113. The fourth-order valence-corrected chi connectivity index (χ4v) is 5.31. The molecule has 1 aliphatic heterocycles. The molecular formula is C29H33ClN6O4S. The molecule has 0 radical (unpaired) electrons. The largest absolute Gasteiger partial charge is 0.378 e. The van der Waals surface area contributed by atoms with E-state index in [2.05, 4.69) is 27.4 Å². The Hall–Kier alpha value is -3.67. The van der Waals surface area contributed by atoms with E-state index in [1.165, 1.54) is 11.8 Å². The van der Waals surface area contributed by atoms with Crippen molar-refractivity contribution in [1.29, 1.82) is 0 Å². The van der Waals surface area contributed by atoms with Gasteiger partial charge in [-0.15, -0.1) is 16.8 Å². The average molecular weight is 597 g/mol. The third kappa shape index (κ3) is 7.75. The van der Waals surface area contributed by atoms with Crippen LogP contribution in [0.15, 0.2) is 66.3 Å². The van der Waals surface area contributed by atoms with Gasteiger partial charge in [0.2, 0.25) is 5.91 Å². The lowest BCUT2D eigenvalue weighted by molar-refractivity contribution is -0.113. The summed E-state index contributed by atoms with van der Waals surface area (Å²) in [5, 5.41) is 15.5. The molecule has 1 atom stereocenters. The molecule has 2 heterocycles. The number of benzene rings is 2. The quantitative estimate of drug-likeness (QED) is 0.248. The number of thioether (sulfide) groups is 1. The van der Waals surface area contributed by atoms with Crippen molar-refractivity contribution in [2.24, 2.45) is 5.92 Å². The van der Waals surface area contributed by atoms with Gasteiger partial charge in [-0.3, -0.25) is 14.4 Å². The maximum Gasteiger partial charge on any atom is 0.254 e. The van der Waals surface area contributed by atoms with Gasteiger partial charge in [0.25, 0.3) is 11.8 Å². The molecule has 3 amide bonds. The number of anilines is 1. The van der Waals surface area contributed by atoms with E-state index in [1.807, 2.05) is 18.4 Å². The third-order valence-corrected chi connectivity index (χ3v) is 7.73. The summed E-state index contributed by atoms with van der Waals surface area (Å²) in [5.74, 6) is -0.0566. The van der Waals surface area contributed by atoms with Crippen LogP contribution in [0.2, 0.25) is 5.02 Å². The maximum atomic E-state index is 13.0. The van der Waals surface area contributed by atoms with Gasteiger partial charge in [-0.1, -0.05) is 61.5 Å². The Morgan fingerprint density at radius 2 is 1.88 bits per heavy atom. The highest BCUT2D eigenvalue weighted by molar-refractivity contribution is 7.99. The Labute approximate surface area is 248 Å². The number of amides is 3. The van der Waals surface area contributed by atoms with Gasteiger partial charge in [-0.05, 0) is 36.2 Å². The molecule has 1 saturated heterocycles. The predicted molar refractivity (Wildman–Crippen MR) is 159 cm³/mol. The molecule has 41 heavy (non-hydrogen) atoms. The molecule has 0 spiro atoms. The molecular weight excluding hydrogens is 564 g/mol. The van der Waals surface area contributed by atoms with E-state index in [0.717, 1.165) is 0 Å². The lowest BCUT2D eigenvalue weighted by atomic mass is 10.0. The van der Waals surface area contributed by atoms with Gasteiger partial charge < -0.3 is 24.8 Å². The van der Waals surface area contributed by atoms with E-state index in [4.69, 9.17) is 16.3 Å². The highest BCUT2D eigenvalue weighted by Crippen LogP contribution is 2.27. The van der Waals surface area contributed by atoms with Crippen molar-refractivity contribution in [2.75, 3.05) is 37.4 Å². The zero-order valence-corrected chi connectivity index (χ0v) is 24.6. The lowest BCUT2D eigenvalue weighted by Gasteiger charge is -2.27. The first kappa shape index (κ1) is 30.3. The standard InChI is InChI=1S/C29H33ClN6O4S/c1-4-12-36-26(25(19(2)3)32-27(38)22-10-5-6-11-23(22)30)33-34-29(36)41-18-24(37)31-21-9-7-8-20(17-21)28(39)35-13-15-40-16-14-35/h4-11,17,19,25H,1,12-16,18H2,2-3H3,(H,31,37)(H,32,38)/t25-/m1/s1. The van der Waals surface area contributed by atoms with Crippen LogP contribution < -0.4 is 10.6 Å². The van der Waals surface area contributed by atoms with Crippen LogP contribution in [0.3, 0.4) is 0 Å². The fourth-order valence-electron chi connectivity index (χ4n) is 4.34. The zero-order chi connectivity index (χ0) is 29.4. The number of ether oxygens (including phenoxy) is 1. The summed E-state index contributed by atoms with van der Waals surface area (Å²) in [6.07, 6.45) is 1.71. The van der Waals surface area contributed by atoms with Gasteiger partial charge in [-0.25, -0.2) is 0 Å². The lowest BCUT2D eigenvalue weighted by Crippen LogP contribution is -2.40. The van der Waals surface area contributed by atoms with Gasteiger partial charge in [0.05, 0.1) is 35.6 Å². The predicted octanol–water partition coefficient (Wildman–Crippen LogP) is 4.45. The number of nitrogens with one attached hydrogen (secondary N) is 2. The van der Waals surface area contributed by atoms with E-state index in [1.54, 1.807) is 59.5 Å². The number of nitrogens with zero attached hydrogens (tertiary/aromatic N) is 4. The number of allylic oxidation sites excluding steroid dienone is 1. The normalized spacial score (nSPS) is 14.0. The molecule has 12 heteroatoms. The van der Waals surface area contributed by atoms with Gasteiger partial charge in [-0.2, -0.15) is 0 Å². The molecule has 4 rings (SSSR count). The fraction of sp³-hybridized carbons (Fsp3) is 0.345. The minimum atomic E-state index is -0.457. The molecule has 1 aromatic heterocycles. The third-order valence-electron chi connectivity index (χ3n) is 6.43. The molecule has 0 unspecified atom stereocenters. The molecule has 0 saturated carbocycles. The molecule has 216 valence electrons. The molecule has 1 fully saturated rings. The highest BCUT2D eigenvalue weighted by Gasteiger charge is 2.27. The monoisotopic (exact) mass is 596 g/mol. The second-order valence-corrected chi connectivity index (χ2v) is 11.1. The molecule has 0 aliphatic carbocycles. The van der Waals surface area contributed by atoms with Gasteiger partial charge in [0, 0.05) is 30.9 Å². The van der Waals surface area contributed by atoms with Crippen molar-refractivity contribution in [3.63, 3.8) is 0 Å². The smallest absolute Gasteiger partial charge is 0.254 e. The van der Waals surface area contributed by atoms with Crippen molar-refractivity contribution in [3.05, 3.63) is 83.2 Å². The maximum absolute atomic E-state index is 13.0. The SMILES string of the molecule is C=CCn1c(SCC(=O)Nc2cccc(C(=O)N3CCOCC3)c2)nnc1[C@H](NC(=O)c1ccccc1Cl)C(C)C. The number of rotatable bonds is 11. The first-order chi connectivity index (χ1) is 19.8. The molecule has 1 aliphatic rings. The molecule has 3 aromatic rings. The minimum Gasteiger partial charge on any atom is -0.378 e.